The predicted molar refractivity (Wildman–Crippen MR) is 76.2 cm³/mol. The molecule has 1 aliphatic heterocycles. The van der Waals surface area contributed by atoms with Crippen LogP contribution in [0.15, 0.2) is 0 Å². The Balaban J connectivity index is 1.73. The van der Waals surface area contributed by atoms with Gasteiger partial charge in [0, 0.05) is 12.5 Å². The Morgan fingerprint density at radius 1 is 1.16 bits per heavy atom. The Morgan fingerprint density at radius 2 is 1.89 bits per heavy atom. The fourth-order valence-electron chi connectivity index (χ4n) is 3.04. The van der Waals surface area contributed by atoms with Crippen LogP contribution in [0.5, 0.6) is 0 Å². The Kier molecular flexibility index (Phi) is 5.55. The Morgan fingerprint density at radius 3 is 2.58 bits per heavy atom. The molecule has 0 aromatic carbocycles. The van der Waals surface area contributed by atoms with E-state index in [-0.39, 0.29) is 17.9 Å². The van der Waals surface area contributed by atoms with Crippen LogP contribution in [0.1, 0.15) is 44.9 Å². The maximum atomic E-state index is 12.0. The highest BCUT2D eigenvalue weighted by Gasteiger charge is 2.28. The van der Waals surface area contributed by atoms with Crippen LogP contribution in [0.4, 0.5) is 0 Å². The molecular formula is C14H23NO3S. The molecule has 2 unspecified atom stereocenters. The lowest BCUT2D eigenvalue weighted by molar-refractivity contribution is -0.143. The number of thioether (sulfide) groups is 1. The third kappa shape index (κ3) is 4.71. The summed E-state index contributed by atoms with van der Waals surface area (Å²) in [4.78, 5) is 23.0. The average molecular weight is 285 g/mol. The van der Waals surface area contributed by atoms with Crippen molar-refractivity contribution in [2.75, 3.05) is 11.5 Å². The van der Waals surface area contributed by atoms with Crippen LogP contribution in [0.3, 0.4) is 0 Å². The van der Waals surface area contributed by atoms with Crippen LogP contribution < -0.4 is 5.32 Å². The summed E-state index contributed by atoms with van der Waals surface area (Å²) >= 11 is 1.97. The van der Waals surface area contributed by atoms with Crippen LogP contribution in [0, 0.1) is 11.8 Å². The molecule has 2 N–H and O–H groups in total. The van der Waals surface area contributed by atoms with E-state index >= 15 is 0 Å². The Hall–Kier alpha value is -0.710. The first-order chi connectivity index (χ1) is 9.15. The summed E-state index contributed by atoms with van der Waals surface area (Å²) in [7, 11) is 0. The zero-order chi connectivity index (χ0) is 13.7. The SMILES string of the molecule is O=C(CC1CCSCC1)NC1CCCC(C(=O)O)C1. The van der Waals surface area contributed by atoms with Gasteiger partial charge in [0.05, 0.1) is 5.92 Å². The molecule has 2 aliphatic rings. The van der Waals surface area contributed by atoms with Crippen molar-refractivity contribution in [2.45, 2.75) is 51.0 Å². The van der Waals surface area contributed by atoms with Gasteiger partial charge in [0.15, 0.2) is 0 Å². The summed E-state index contributed by atoms with van der Waals surface area (Å²) < 4.78 is 0. The molecular weight excluding hydrogens is 262 g/mol. The number of carboxylic acid groups (broad SMARTS) is 1. The number of carbonyl (C=O) groups is 2. The molecule has 5 heteroatoms. The highest BCUT2D eigenvalue weighted by Crippen LogP contribution is 2.27. The first-order valence-electron chi connectivity index (χ1n) is 7.25. The summed E-state index contributed by atoms with van der Waals surface area (Å²) in [6, 6.07) is 0.0697. The highest BCUT2D eigenvalue weighted by atomic mass is 32.2. The summed E-state index contributed by atoms with van der Waals surface area (Å²) in [5.74, 6) is 1.99. The summed E-state index contributed by atoms with van der Waals surface area (Å²) in [5.41, 5.74) is 0. The molecule has 1 aliphatic carbocycles. The number of carboxylic acids is 1. The second-order valence-electron chi connectivity index (χ2n) is 5.73. The van der Waals surface area contributed by atoms with Crippen LogP contribution in [-0.4, -0.2) is 34.5 Å². The number of aliphatic carboxylic acids is 1. The third-order valence-corrected chi connectivity index (χ3v) is 5.25. The van der Waals surface area contributed by atoms with E-state index in [4.69, 9.17) is 5.11 Å². The van der Waals surface area contributed by atoms with Gasteiger partial charge in [-0.25, -0.2) is 0 Å². The van der Waals surface area contributed by atoms with Gasteiger partial charge >= 0.3 is 5.97 Å². The van der Waals surface area contributed by atoms with Crippen molar-refractivity contribution in [3.8, 4) is 0 Å². The second kappa shape index (κ2) is 7.17. The van der Waals surface area contributed by atoms with Crippen LogP contribution >= 0.6 is 11.8 Å². The van der Waals surface area contributed by atoms with Crippen LogP contribution in [-0.2, 0) is 9.59 Å². The minimum absolute atomic E-state index is 0.0697. The first kappa shape index (κ1) is 14.7. The largest absolute Gasteiger partial charge is 0.481 e. The van der Waals surface area contributed by atoms with E-state index in [1.54, 1.807) is 0 Å². The summed E-state index contributed by atoms with van der Waals surface area (Å²) in [6.45, 7) is 0. The molecule has 2 rings (SSSR count). The standard InChI is InChI=1S/C14H23NO3S/c16-13(8-10-4-6-19-7-5-10)15-12-3-1-2-11(9-12)14(17)18/h10-12H,1-9H2,(H,15,16)(H,17,18). The van der Waals surface area contributed by atoms with E-state index in [0.29, 0.717) is 18.8 Å². The van der Waals surface area contributed by atoms with Crippen molar-refractivity contribution in [1.82, 2.24) is 5.32 Å². The van der Waals surface area contributed by atoms with Crippen LogP contribution in [0.25, 0.3) is 0 Å². The minimum atomic E-state index is -0.719. The third-order valence-electron chi connectivity index (χ3n) is 4.20. The fraction of sp³-hybridized carbons (Fsp3) is 0.857. The number of carbonyl (C=O) groups excluding carboxylic acids is 1. The van der Waals surface area contributed by atoms with Crippen molar-refractivity contribution >= 4 is 23.6 Å². The molecule has 0 radical (unpaired) electrons. The molecule has 0 aromatic rings. The summed E-state index contributed by atoms with van der Waals surface area (Å²) in [5, 5.41) is 12.1. The molecule has 1 saturated carbocycles. The van der Waals surface area contributed by atoms with E-state index in [2.05, 4.69) is 5.32 Å². The quantitative estimate of drug-likeness (QED) is 0.831. The van der Waals surface area contributed by atoms with Gasteiger partial charge in [0.1, 0.15) is 0 Å². The zero-order valence-electron chi connectivity index (χ0n) is 11.3. The highest BCUT2D eigenvalue weighted by molar-refractivity contribution is 7.99. The first-order valence-corrected chi connectivity index (χ1v) is 8.40. The van der Waals surface area contributed by atoms with E-state index in [1.165, 1.54) is 11.5 Å². The molecule has 0 aromatic heterocycles. The van der Waals surface area contributed by atoms with Gasteiger partial charge in [-0.15, -0.1) is 0 Å². The maximum Gasteiger partial charge on any atom is 0.306 e. The normalized spacial score (nSPS) is 28.8. The van der Waals surface area contributed by atoms with Crippen molar-refractivity contribution in [3.63, 3.8) is 0 Å². The van der Waals surface area contributed by atoms with Gasteiger partial charge < -0.3 is 10.4 Å². The lowest BCUT2D eigenvalue weighted by Gasteiger charge is -2.28. The lowest BCUT2D eigenvalue weighted by atomic mass is 9.85. The molecule has 19 heavy (non-hydrogen) atoms. The summed E-state index contributed by atoms with van der Waals surface area (Å²) in [6.07, 6.45) is 6.08. The molecule has 1 amide bonds. The molecule has 4 nitrogen and oxygen atoms in total. The zero-order valence-corrected chi connectivity index (χ0v) is 12.1. The lowest BCUT2D eigenvalue weighted by Crippen LogP contribution is -2.40. The van der Waals surface area contributed by atoms with E-state index in [9.17, 15) is 9.59 Å². The van der Waals surface area contributed by atoms with Gasteiger partial charge in [0.2, 0.25) is 5.91 Å². The topological polar surface area (TPSA) is 66.4 Å². The molecule has 0 bridgehead atoms. The number of rotatable bonds is 4. The maximum absolute atomic E-state index is 12.0. The van der Waals surface area contributed by atoms with E-state index in [0.717, 1.165) is 32.1 Å². The number of hydrogen-bond acceptors (Lipinski definition) is 3. The fourth-order valence-corrected chi connectivity index (χ4v) is 4.25. The van der Waals surface area contributed by atoms with Crippen molar-refractivity contribution in [2.24, 2.45) is 11.8 Å². The number of hydrogen-bond donors (Lipinski definition) is 2. The molecule has 1 heterocycles. The van der Waals surface area contributed by atoms with Gasteiger partial charge in [-0.3, -0.25) is 9.59 Å². The average Bonchev–Trinajstić information content (AvgIpc) is 2.40. The molecule has 2 fully saturated rings. The van der Waals surface area contributed by atoms with Crippen molar-refractivity contribution < 1.29 is 14.7 Å². The van der Waals surface area contributed by atoms with Crippen molar-refractivity contribution in [3.05, 3.63) is 0 Å². The van der Waals surface area contributed by atoms with E-state index < -0.39 is 5.97 Å². The number of nitrogens with one attached hydrogen (secondary N) is 1. The van der Waals surface area contributed by atoms with Crippen molar-refractivity contribution in [1.29, 1.82) is 0 Å². The smallest absolute Gasteiger partial charge is 0.306 e. The van der Waals surface area contributed by atoms with Crippen LogP contribution in [0.2, 0.25) is 0 Å². The monoisotopic (exact) mass is 285 g/mol. The number of amides is 1. The molecule has 108 valence electrons. The molecule has 1 saturated heterocycles. The molecule has 0 spiro atoms. The van der Waals surface area contributed by atoms with Gasteiger partial charge in [-0.05, 0) is 49.5 Å². The minimum Gasteiger partial charge on any atom is -0.481 e. The van der Waals surface area contributed by atoms with Gasteiger partial charge in [-0.2, -0.15) is 11.8 Å². The predicted octanol–water partition coefficient (Wildman–Crippen LogP) is 2.28. The Labute approximate surface area is 118 Å². The second-order valence-corrected chi connectivity index (χ2v) is 6.95. The van der Waals surface area contributed by atoms with E-state index in [1.807, 2.05) is 11.8 Å². The van der Waals surface area contributed by atoms with Gasteiger partial charge in [0.25, 0.3) is 0 Å². The van der Waals surface area contributed by atoms with Gasteiger partial charge in [-0.1, -0.05) is 6.42 Å². The Bertz CT molecular complexity index is 329. The molecule has 2 atom stereocenters.